The van der Waals surface area contributed by atoms with Crippen LogP contribution in [0.2, 0.25) is 0 Å². The monoisotopic (exact) mass is 598 g/mol. The number of aromatic amines is 2. The molecule has 2 atom stereocenters. The van der Waals surface area contributed by atoms with Gasteiger partial charge in [-0.3, -0.25) is 4.90 Å². The molecule has 2 aromatic heterocycles. The van der Waals surface area contributed by atoms with Crippen LogP contribution in [-0.2, 0) is 9.47 Å². The summed E-state index contributed by atoms with van der Waals surface area (Å²) in [5, 5.41) is 0. The van der Waals surface area contributed by atoms with Crippen molar-refractivity contribution >= 4 is 23.2 Å². The molecule has 0 aliphatic carbocycles. The van der Waals surface area contributed by atoms with E-state index in [0.717, 1.165) is 64.3 Å². The Kier molecular flexibility index (Phi) is 7.63. The van der Waals surface area contributed by atoms with Crippen LogP contribution in [0.3, 0.4) is 0 Å². The fraction of sp³-hybridized carbons (Fsp3) is 0.471. The molecular formula is C34H42N6O4. The number of likely N-dealkylation sites (tertiary alicyclic amines) is 2. The molecule has 10 nitrogen and oxygen atoms in total. The van der Waals surface area contributed by atoms with Gasteiger partial charge in [0.25, 0.3) is 0 Å². The minimum atomic E-state index is -0.536. The first-order valence-electron chi connectivity index (χ1n) is 15.5. The largest absolute Gasteiger partial charge is 0.444 e. The Hall–Kier alpha value is -4.34. The lowest BCUT2D eigenvalue weighted by Crippen LogP contribution is -2.36. The van der Waals surface area contributed by atoms with Gasteiger partial charge in [0.2, 0.25) is 0 Å². The number of imidazole rings is 2. The van der Waals surface area contributed by atoms with Crippen molar-refractivity contribution in [2.45, 2.75) is 84.0 Å². The van der Waals surface area contributed by atoms with E-state index in [0.29, 0.717) is 19.6 Å². The van der Waals surface area contributed by atoms with Gasteiger partial charge in [-0.15, -0.1) is 0 Å². The number of ether oxygens (including phenoxy) is 2. The van der Waals surface area contributed by atoms with Gasteiger partial charge < -0.3 is 24.3 Å². The van der Waals surface area contributed by atoms with E-state index < -0.39 is 11.2 Å². The van der Waals surface area contributed by atoms with E-state index in [1.165, 1.54) is 0 Å². The number of aromatic nitrogens is 4. The van der Waals surface area contributed by atoms with Gasteiger partial charge in [-0.1, -0.05) is 30.3 Å². The number of H-pyrrole nitrogens is 2. The highest BCUT2D eigenvalue weighted by Gasteiger charge is 2.35. The minimum Gasteiger partial charge on any atom is -0.444 e. The van der Waals surface area contributed by atoms with Gasteiger partial charge >= 0.3 is 12.2 Å². The Morgan fingerprint density at radius 2 is 1.50 bits per heavy atom. The molecule has 0 spiro atoms. The number of carbonyl (C=O) groups excluding carboxylic acids is 2. The molecule has 4 heterocycles. The van der Waals surface area contributed by atoms with Crippen molar-refractivity contribution in [3.63, 3.8) is 0 Å². The third-order valence-electron chi connectivity index (χ3n) is 8.05. The van der Waals surface area contributed by atoms with Crippen molar-refractivity contribution < 1.29 is 19.1 Å². The van der Waals surface area contributed by atoms with Crippen molar-refractivity contribution in [3.05, 3.63) is 60.3 Å². The Labute approximate surface area is 258 Å². The molecule has 2 aliphatic rings. The van der Waals surface area contributed by atoms with Gasteiger partial charge in [-0.2, -0.15) is 0 Å². The normalized spacial score (nSPS) is 19.1. The number of nitrogens with zero attached hydrogens (tertiary/aromatic N) is 4. The van der Waals surface area contributed by atoms with Crippen LogP contribution in [0.5, 0.6) is 0 Å². The summed E-state index contributed by atoms with van der Waals surface area (Å²) in [6.07, 6.45) is 3.89. The van der Waals surface area contributed by atoms with Crippen molar-refractivity contribution in [1.82, 2.24) is 29.7 Å². The first-order valence-corrected chi connectivity index (χ1v) is 15.5. The van der Waals surface area contributed by atoms with E-state index in [4.69, 9.17) is 14.5 Å². The summed E-state index contributed by atoms with van der Waals surface area (Å²) in [7, 11) is 0. The lowest BCUT2D eigenvalue weighted by Gasteiger charge is -2.27. The fourth-order valence-corrected chi connectivity index (χ4v) is 5.96. The lowest BCUT2D eigenvalue weighted by molar-refractivity contribution is 0.0217. The molecule has 10 heteroatoms. The van der Waals surface area contributed by atoms with Gasteiger partial charge in [0.1, 0.15) is 22.9 Å². The molecule has 2 saturated heterocycles. The van der Waals surface area contributed by atoms with Gasteiger partial charge in [0.15, 0.2) is 0 Å². The first-order chi connectivity index (χ1) is 20.8. The predicted molar refractivity (Wildman–Crippen MR) is 169 cm³/mol. The molecule has 4 aromatic rings. The Bertz CT molecular complexity index is 1660. The summed E-state index contributed by atoms with van der Waals surface area (Å²) >= 11 is 0. The summed E-state index contributed by atoms with van der Waals surface area (Å²) in [5.41, 5.74) is 4.95. The summed E-state index contributed by atoms with van der Waals surface area (Å²) in [5.74, 6) is 1.84. The number of carbonyl (C=O) groups is 2. The number of hydrogen-bond acceptors (Lipinski definition) is 6. The molecule has 0 radical (unpaired) electrons. The molecule has 0 bridgehead atoms. The zero-order chi connectivity index (χ0) is 31.2. The van der Waals surface area contributed by atoms with Crippen molar-refractivity contribution in [1.29, 1.82) is 0 Å². The molecule has 44 heavy (non-hydrogen) atoms. The van der Waals surface area contributed by atoms with E-state index >= 15 is 0 Å². The van der Waals surface area contributed by atoms with E-state index in [-0.39, 0.29) is 24.1 Å². The molecule has 2 aromatic carbocycles. The molecule has 2 unspecified atom stereocenters. The van der Waals surface area contributed by atoms with Crippen LogP contribution in [-0.4, -0.2) is 72.8 Å². The van der Waals surface area contributed by atoms with Crippen LogP contribution < -0.4 is 0 Å². The number of nitrogens with one attached hydrogen (secondary N) is 2. The SMILES string of the molecule is CC(C)(C)OC(=O)N1CCC(c2nc3ccc(-c4ccc(-c5cnc(C6CCCN6C(=O)OC(C)(C)C)[nH]5)cc4)cc3[nH]2)C1. The highest BCUT2D eigenvalue weighted by molar-refractivity contribution is 5.82. The zero-order valence-corrected chi connectivity index (χ0v) is 26.4. The number of benzene rings is 2. The summed E-state index contributed by atoms with van der Waals surface area (Å²) in [6.45, 7) is 13.2. The maximum atomic E-state index is 12.8. The fourth-order valence-electron chi connectivity index (χ4n) is 5.96. The zero-order valence-electron chi connectivity index (χ0n) is 26.4. The third kappa shape index (κ3) is 6.44. The van der Waals surface area contributed by atoms with E-state index in [1.54, 1.807) is 9.80 Å². The van der Waals surface area contributed by atoms with E-state index in [9.17, 15) is 9.59 Å². The summed E-state index contributed by atoms with van der Waals surface area (Å²) < 4.78 is 11.2. The second kappa shape index (κ2) is 11.3. The number of amides is 2. The van der Waals surface area contributed by atoms with Crippen molar-refractivity contribution in [2.24, 2.45) is 0 Å². The number of rotatable bonds is 4. The molecule has 0 saturated carbocycles. The molecule has 2 aliphatic heterocycles. The first kappa shape index (κ1) is 29.7. The number of hydrogen-bond donors (Lipinski definition) is 2. The highest BCUT2D eigenvalue weighted by atomic mass is 16.6. The Morgan fingerprint density at radius 1 is 0.818 bits per heavy atom. The van der Waals surface area contributed by atoms with Gasteiger partial charge in [0.05, 0.1) is 29.0 Å². The van der Waals surface area contributed by atoms with Crippen LogP contribution in [0.25, 0.3) is 33.4 Å². The van der Waals surface area contributed by atoms with Crippen LogP contribution in [0.15, 0.2) is 48.7 Å². The molecular weight excluding hydrogens is 556 g/mol. The Morgan fingerprint density at radius 3 is 2.23 bits per heavy atom. The highest BCUT2D eigenvalue weighted by Crippen LogP contribution is 2.34. The average Bonchev–Trinajstić information content (AvgIpc) is 3.76. The summed E-state index contributed by atoms with van der Waals surface area (Å²) in [4.78, 5) is 45.3. The second-order valence-electron chi connectivity index (χ2n) is 13.9. The molecule has 2 N–H and O–H groups in total. The van der Waals surface area contributed by atoms with Gasteiger partial charge in [0, 0.05) is 25.6 Å². The van der Waals surface area contributed by atoms with Crippen LogP contribution >= 0.6 is 0 Å². The average molecular weight is 599 g/mol. The van der Waals surface area contributed by atoms with E-state index in [1.807, 2.05) is 53.8 Å². The second-order valence-corrected chi connectivity index (χ2v) is 13.9. The quantitative estimate of drug-likeness (QED) is 0.253. The van der Waals surface area contributed by atoms with Crippen molar-refractivity contribution in [3.8, 4) is 22.4 Å². The van der Waals surface area contributed by atoms with Crippen LogP contribution in [0.4, 0.5) is 9.59 Å². The van der Waals surface area contributed by atoms with E-state index in [2.05, 4.69) is 51.4 Å². The topological polar surface area (TPSA) is 116 Å². The minimum absolute atomic E-state index is 0.117. The molecule has 2 fully saturated rings. The maximum absolute atomic E-state index is 12.8. The molecule has 2 amide bonds. The Balaban J connectivity index is 1.13. The smallest absolute Gasteiger partial charge is 0.410 e. The van der Waals surface area contributed by atoms with Gasteiger partial charge in [-0.25, -0.2) is 19.6 Å². The maximum Gasteiger partial charge on any atom is 0.410 e. The number of fused-ring (bicyclic) bond motifs is 1. The molecule has 6 rings (SSSR count). The van der Waals surface area contributed by atoms with Crippen LogP contribution in [0, 0.1) is 0 Å². The summed E-state index contributed by atoms with van der Waals surface area (Å²) in [6, 6.07) is 14.5. The van der Waals surface area contributed by atoms with Gasteiger partial charge in [-0.05, 0) is 89.6 Å². The standard InChI is InChI=1S/C34H42N6O4/c1-33(2,3)43-31(41)39-17-15-24(20-39)29-36-25-14-13-23(18-26(25)37-29)21-9-11-22(12-10-21)27-19-35-30(38-27)28-8-7-16-40(28)32(42)44-34(4,5)6/h9-14,18-19,24,28H,7-8,15-17,20H2,1-6H3,(H,35,38)(H,36,37). The lowest BCUT2D eigenvalue weighted by atomic mass is 10.0. The predicted octanol–water partition coefficient (Wildman–Crippen LogP) is 7.42. The van der Waals surface area contributed by atoms with Crippen molar-refractivity contribution in [2.75, 3.05) is 19.6 Å². The third-order valence-corrected chi connectivity index (χ3v) is 8.05. The van der Waals surface area contributed by atoms with Crippen LogP contribution in [0.1, 0.15) is 84.4 Å². The molecule has 232 valence electrons.